The van der Waals surface area contributed by atoms with Crippen LogP contribution in [0, 0.1) is 13.8 Å². The molecule has 1 fully saturated rings. The number of benzene rings is 2. The molecule has 0 radical (unpaired) electrons. The third-order valence-corrected chi connectivity index (χ3v) is 6.74. The van der Waals surface area contributed by atoms with Gasteiger partial charge in [-0.15, -0.1) is 0 Å². The van der Waals surface area contributed by atoms with E-state index in [1.165, 1.54) is 19.1 Å². The predicted molar refractivity (Wildman–Crippen MR) is 118 cm³/mol. The van der Waals surface area contributed by atoms with Gasteiger partial charge in [0, 0.05) is 11.7 Å². The van der Waals surface area contributed by atoms with E-state index in [9.17, 15) is 18.0 Å². The highest BCUT2D eigenvalue weighted by atomic mass is 32.2. The van der Waals surface area contributed by atoms with Gasteiger partial charge < -0.3 is 10.1 Å². The monoisotopic (exact) mass is 444 g/mol. The first-order chi connectivity index (χ1) is 14.7. The first-order valence-electron chi connectivity index (χ1n) is 10.4. The molecule has 1 atom stereocenters. The van der Waals surface area contributed by atoms with E-state index in [4.69, 9.17) is 4.74 Å². The fraction of sp³-hybridized carbons (Fsp3) is 0.391. The number of hydrogen-bond donors (Lipinski definition) is 2. The molecular formula is C23H28N2O5S. The lowest BCUT2D eigenvalue weighted by atomic mass is 10.1. The first kappa shape index (κ1) is 22.8. The number of esters is 1. The molecule has 0 unspecified atom stereocenters. The first-order valence-corrected chi connectivity index (χ1v) is 11.9. The van der Waals surface area contributed by atoms with Crippen LogP contribution in [0.25, 0.3) is 0 Å². The number of ether oxygens (including phenoxy) is 1. The van der Waals surface area contributed by atoms with Crippen molar-refractivity contribution in [2.45, 2.75) is 63.5 Å². The Kier molecular flexibility index (Phi) is 7.00. The van der Waals surface area contributed by atoms with Crippen molar-refractivity contribution in [1.82, 2.24) is 5.32 Å². The Morgan fingerprint density at radius 3 is 2.45 bits per heavy atom. The molecule has 2 aromatic carbocycles. The Morgan fingerprint density at radius 1 is 1.06 bits per heavy atom. The molecule has 0 heterocycles. The molecule has 1 amide bonds. The summed E-state index contributed by atoms with van der Waals surface area (Å²) in [6.45, 7) is 5.06. The van der Waals surface area contributed by atoms with Gasteiger partial charge in [-0.1, -0.05) is 31.0 Å². The topological polar surface area (TPSA) is 102 Å². The normalized spacial score (nSPS) is 15.3. The van der Waals surface area contributed by atoms with Gasteiger partial charge in [0.05, 0.1) is 10.5 Å². The molecule has 7 nitrogen and oxygen atoms in total. The summed E-state index contributed by atoms with van der Waals surface area (Å²) in [5.41, 5.74) is 2.01. The van der Waals surface area contributed by atoms with Gasteiger partial charge >= 0.3 is 5.97 Å². The highest BCUT2D eigenvalue weighted by Gasteiger charge is 2.25. The van der Waals surface area contributed by atoms with Crippen LogP contribution < -0.4 is 10.0 Å². The Bertz CT molecular complexity index is 1080. The molecule has 166 valence electrons. The Morgan fingerprint density at radius 2 is 1.77 bits per heavy atom. The molecule has 1 saturated carbocycles. The van der Waals surface area contributed by atoms with E-state index < -0.39 is 22.1 Å². The Balaban J connectivity index is 1.73. The second kappa shape index (κ2) is 9.51. The SMILES string of the molecule is Cc1cccc(NS(=O)(=O)c2ccc(C)c(C(=O)O[C@H](C)C(=O)NC3CCCC3)c2)c1. The van der Waals surface area contributed by atoms with Gasteiger partial charge in [-0.25, -0.2) is 13.2 Å². The summed E-state index contributed by atoms with van der Waals surface area (Å²) in [7, 11) is -3.90. The summed E-state index contributed by atoms with van der Waals surface area (Å²) in [6, 6.07) is 11.4. The fourth-order valence-electron chi connectivity index (χ4n) is 3.58. The Labute approximate surface area is 183 Å². The molecule has 0 saturated heterocycles. The lowest BCUT2D eigenvalue weighted by molar-refractivity contribution is -0.129. The minimum absolute atomic E-state index is 0.0605. The average molecular weight is 445 g/mol. The van der Waals surface area contributed by atoms with Crippen molar-refractivity contribution < 1.29 is 22.7 Å². The summed E-state index contributed by atoms with van der Waals surface area (Å²) in [4.78, 5) is 24.9. The molecule has 2 aromatic rings. The van der Waals surface area contributed by atoms with Crippen molar-refractivity contribution in [1.29, 1.82) is 0 Å². The average Bonchev–Trinajstić information content (AvgIpc) is 3.20. The van der Waals surface area contributed by atoms with Crippen molar-refractivity contribution in [3.63, 3.8) is 0 Å². The molecule has 0 aliphatic heterocycles. The number of aryl methyl sites for hydroxylation is 2. The van der Waals surface area contributed by atoms with E-state index in [1.807, 2.05) is 13.0 Å². The summed E-state index contributed by atoms with van der Waals surface area (Å²) in [5, 5.41) is 2.90. The highest BCUT2D eigenvalue weighted by molar-refractivity contribution is 7.92. The van der Waals surface area contributed by atoms with Crippen molar-refractivity contribution in [3.05, 3.63) is 59.2 Å². The van der Waals surface area contributed by atoms with Gasteiger partial charge in [0.25, 0.3) is 15.9 Å². The van der Waals surface area contributed by atoms with E-state index in [2.05, 4.69) is 10.0 Å². The zero-order valence-corrected chi connectivity index (χ0v) is 18.8. The summed E-state index contributed by atoms with van der Waals surface area (Å²) >= 11 is 0. The predicted octanol–water partition coefficient (Wildman–Crippen LogP) is 3.71. The molecule has 1 aliphatic rings. The van der Waals surface area contributed by atoms with Crippen LogP contribution in [0.4, 0.5) is 5.69 Å². The van der Waals surface area contributed by atoms with Crippen molar-refractivity contribution >= 4 is 27.6 Å². The van der Waals surface area contributed by atoms with E-state index in [0.29, 0.717) is 11.3 Å². The van der Waals surface area contributed by atoms with E-state index in [0.717, 1.165) is 31.2 Å². The van der Waals surface area contributed by atoms with Crippen LogP contribution >= 0.6 is 0 Å². The van der Waals surface area contributed by atoms with Gasteiger partial charge in [-0.05, 0) is 69.0 Å². The quantitative estimate of drug-likeness (QED) is 0.634. The smallest absolute Gasteiger partial charge is 0.339 e. The largest absolute Gasteiger partial charge is 0.449 e. The van der Waals surface area contributed by atoms with Crippen molar-refractivity contribution in [2.24, 2.45) is 0 Å². The number of hydrogen-bond acceptors (Lipinski definition) is 5. The van der Waals surface area contributed by atoms with E-state index >= 15 is 0 Å². The van der Waals surface area contributed by atoms with Gasteiger partial charge in [0.1, 0.15) is 0 Å². The number of amides is 1. The second-order valence-corrected chi connectivity index (χ2v) is 9.67. The minimum atomic E-state index is -3.90. The molecule has 31 heavy (non-hydrogen) atoms. The maximum Gasteiger partial charge on any atom is 0.339 e. The second-order valence-electron chi connectivity index (χ2n) is 7.99. The molecule has 1 aliphatic carbocycles. The third kappa shape index (κ3) is 5.85. The molecule has 2 N–H and O–H groups in total. The van der Waals surface area contributed by atoms with Crippen LogP contribution in [0.2, 0.25) is 0 Å². The van der Waals surface area contributed by atoms with Crippen LogP contribution in [0.1, 0.15) is 54.1 Å². The van der Waals surface area contributed by atoms with Gasteiger partial charge in [-0.2, -0.15) is 0 Å². The summed E-state index contributed by atoms with van der Waals surface area (Å²) < 4.78 is 33.4. The van der Waals surface area contributed by atoms with Crippen molar-refractivity contribution in [2.75, 3.05) is 4.72 Å². The van der Waals surface area contributed by atoms with E-state index in [-0.39, 0.29) is 22.4 Å². The van der Waals surface area contributed by atoms with Crippen LogP contribution in [-0.4, -0.2) is 32.4 Å². The van der Waals surface area contributed by atoms with Gasteiger partial charge in [0.2, 0.25) is 0 Å². The summed E-state index contributed by atoms with van der Waals surface area (Å²) in [6.07, 6.45) is 3.04. The number of carbonyl (C=O) groups is 2. The molecular weight excluding hydrogens is 416 g/mol. The highest BCUT2D eigenvalue weighted by Crippen LogP contribution is 2.21. The van der Waals surface area contributed by atoms with E-state index in [1.54, 1.807) is 31.2 Å². The molecule has 0 bridgehead atoms. The maximum absolute atomic E-state index is 12.8. The number of nitrogens with one attached hydrogen (secondary N) is 2. The molecule has 0 spiro atoms. The molecule has 3 rings (SSSR count). The zero-order valence-electron chi connectivity index (χ0n) is 18.0. The van der Waals surface area contributed by atoms with Crippen LogP contribution in [0.3, 0.4) is 0 Å². The minimum Gasteiger partial charge on any atom is -0.449 e. The summed E-state index contributed by atoms with van der Waals surface area (Å²) in [5.74, 6) is -1.08. The van der Waals surface area contributed by atoms with Gasteiger partial charge in [-0.3, -0.25) is 9.52 Å². The Hall–Kier alpha value is -2.87. The number of rotatable bonds is 7. The lowest BCUT2D eigenvalue weighted by Gasteiger charge is -2.18. The van der Waals surface area contributed by atoms with Crippen LogP contribution in [-0.2, 0) is 19.6 Å². The van der Waals surface area contributed by atoms with Crippen LogP contribution in [0.15, 0.2) is 47.4 Å². The van der Waals surface area contributed by atoms with Crippen molar-refractivity contribution in [3.8, 4) is 0 Å². The number of carbonyl (C=O) groups excluding carboxylic acids is 2. The third-order valence-electron chi connectivity index (χ3n) is 5.36. The maximum atomic E-state index is 12.8. The van der Waals surface area contributed by atoms with Crippen LogP contribution in [0.5, 0.6) is 0 Å². The molecule has 8 heteroatoms. The lowest BCUT2D eigenvalue weighted by Crippen LogP contribution is -2.40. The molecule has 0 aromatic heterocycles. The fourth-order valence-corrected chi connectivity index (χ4v) is 4.65. The zero-order chi connectivity index (χ0) is 22.6. The standard InChI is InChI=1S/C23H28N2O5S/c1-15-7-6-10-19(13-15)25-31(28,29)20-12-11-16(2)21(14-20)23(27)30-17(3)22(26)24-18-8-4-5-9-18/h6-7,10-14,17-18,25H,4-5,8-9H2,1-3H3,(H,24,26)/t17-/m1/s1. The number of sulfonamides is 1. The number of anilines is 1. The van der Waals surface area contributed by atoms with Gasteiger partial charge in [0.15, 0.2) is 6.10 Å².